The van der Waals surface area contributed by atoms with Crippen LogP contribution in [0.1, 0.15) is 0 Å². The zero-order chi connectivity index (χ0) is 10.3. The molecule has 1 rings (SSSR count). The maximum atomic E-state index is 10.2. The topological polar surface area (TPSA) is 80.4 Å². The number of carbonyl (C=O) groups is 1. The van der Waals surface area contributed by atoms with Gasteiger partial charge in [-0.05, 0) is 28.7 Å². The maximum absolute atomic E-state index is 10.2. The van der Waals surface area contributed by atoms with E-state index in [1.165, 1.54) is 6.07 Å². The van der Waals surface area contributed by atoms with Gasteiger partial charge >= 0.3 is 0 Å². The van der Waals surface area contributed by atoms with E-state index in [1.807, 2.05) is 22.6 Å². The lowest BCUT2D eigenvalue weighted by molar-refractivity contribution is -0.385. The van der Waals surface area contributed by atoms with E-state index in [-0.39, 0.29) is 17.1 Å². The molecule has 1 aromatic carbocycles. The molecule has 0 aliphatic rings. The molecule has 0 aliphatic carbocycles. The number of hydrogen-bond donors (Lipinski definition) is 1. The summed E-state index contributed by atoms with van der Waals surface area (Å²) in [5.41, 5.74) is 0.170. The van der Waals surface area contributed by atoms with Crippen molar-refractivity contribution in [1.29, 1.82) is 0 Å². The number of benzene rings is 1. The lowest BCUT2D eigenvalue weighted by Gasteiger charge is -1.91. The van der Waals surface area contributed by atoms with Crippen LogP contribution >= 0.6 is 22.6 Å². The zero-order valence-corrected chi connectivity index (χ0v) is 8.54. The van der Waals surface area contributed by atoms with E-state index < -0.39 is 0 Å². The van der Waals surface area contributed by atoms with Crippen LogP contribution in [0.2, 0.25) is 0 Å². The normalized spacial score (nSPS) is 8.08. The van der Waals surface area contributed by atoms with Crippen molar-refractivity contribution in [3.8, 4) is 0 Å². The average Bonchev–Trinajstić information content (AvgIpc) is 2.06. The zero-order valence-electron chi connectivity index (χ0n) is 6.38. The van der Waals surface area contributed by atoms with Gasteiger partial charge in [-0.2, -0.15) is 0 Å². The Kier molecular flexibility index (Phi) is 5.77. The minimum atomic E-state index is -0.387. The van der Waals surface area contributed by atoms with E-state index in [1.54, 1.807) is 18.2 Å². The fourth-order valence-electron chi connectivity index (χ4n) is 0.600. The lowest BCUT2D eigenvalue weighted by atomic mass is 10.3. The van der Waals surface area contributed by atoms with Crippen LogP contribution in [0, 0.1) is 13.7 Å². The van der Waals surface area contributed by atoms with Crippen LogP contribution in [0.4, 0.5) is 5.69 Å². The largest absolute Gasteiger partial charge is 0.483 e. The molecule has 0 unspecified atom stereocenters. The van der Waals surface area contributed by atoms with Crippen LogP contribution in [-0.2, 0) is 4.79 Å². The molecule has 70 valence electrons. The Bertz CT molecular complexity index is 302. The summed E-state index contributed by atoms with van der Waals surface area (Å²) < 4.78 is 0.671. The molecule has 0 spiro atoms. The Morgan fingerprint density at radius 3 is 2.23 bits per heavy atom. The molecule has 0 heterocycles. The Morgan fingerprint density at radius 1 is 1.46 bits per heavy atom. The first-order valence-electron chi connectivity index (χ1n) is 3.10. The lowest BCUT2D eigenvalue weighted by Crippen LogP contribution is -1.89. The van der Waals surface area contributed by atoms with Gasteiger partial charge in [0, 0.05) is 6.07 Å². The van der Waals surface area contributed by atoms with E-state index in [0.29, 0.717) is 3.57 Å². The van der Waals surface area contributed by atoms with Gasteiger partial charge in [-0.1, -0.05) is 12.1 Å². The number of para-hydroxylation sites is 1. The molecule has 0 atom stereocenters. The van der Waals surface area contributed by atoms with Crippen molar-refractivity contribution in [2.24, 2.45) is 0 Å². The fourth-order valence-corrected chi connectivity index (χ4v) is 1.18. The summed E-state index contributed by atoms with van der Waals surface area (Å²) in [5.74, 6) is 0. The predicted molar refractivity (Wildman–Crippen MR) is 54.5 cm³/mol. The van der Waals surface area contributed by atoms with Gasteiger partial charge in [0.25, 0.3) is 12.2 Å². The fraction of sp³-hybridized carbons (Fsp3) is 0. The summed E-state index contributed by atoms with van der Waals surface area (Å²) in [6, 6.07) is 6.62. The molecule has 1 N–H and O–H groups in total. The van der Waals surface area contributed by atoms with Crippen LogP contribution in [0.3, 0.4) is 0 Å². The molecule has 0 amide bonds. The van der Waals surface area contributed by atoms with Crippen LogP contribution in [0.15, 0.2) is 24.3 Å². The summed E-state index contributed by atoms with van der Waals surface area (Å²) in [5, 5.41) is 17.1. The highest BCUT2D eigenvalue weighted by Crippen LogP contribution is 2.18. The molecule has 0 aliphatic heterocycles. The first-order valence-corrected chi connectivity index (χ1v) is 4.18. The van der Waals surface area contributed by atoms with Gasteiger partial charge in [0.05, 0.1) is 8.49 Å². The highest BCUT2D eigenvalue weighted by molar-refractivity contribution is 14.1. The van der Waals surface area contributed by atoms with Crippen molar-refractivity contribution < 1.29 is 14.8 Å². The van der Waals surface area contributed by atoms with Gasteiger partial charge in [0.2, 0.25) is 0 Å². The van der Waals surface area contributed by atoms with E-state index in [4.69, 9.17) is 9.90 Å². The number of nitro benzene ring substituents is 1. The van der Waals surface area contributed by atoms with E-state index >= 15 is 0 Å². The van der Waals surface area contributed by atoms with Crippen molar-refractivity contribution in [3.63, 3.8) is 0 Å². The number of nitro groups is 1. The smallest absolute Gasteiger partial charge is 0.290 e. The highest BCUT2D eigenvalue weighted by Gasteiger charge is 2.07. The predicted octanol–water partition coefficient (Wildman–Crippen LogP) is 1.90. The molecule has 6 heteroatoms. The van der Waals surface area contributed by atoms with Gasteiger partial charge in [-0.25, -0.2) is 0 Å². The quantitative estimate of drug-likeness (QED) is 0.371. The molecule has 5 nitrogen and oxygen atoms in total. The molecule has 1 aromatic rings. The third-order valence-corrected chi connectivity index (χ3v) is 1.96. The van der Waals surface area contributed by atoms with Gasteiger partial charge in [0.1, 0.15) is 0 Å². The monoisotopic (exact) mass is 295 g/mol. The molecule has 0 radical (unpaired) electrons. The maximum Gasteiger partial charge on any atom is 0.290 e. The third-order valence-electron chi connectivity index (χ3n) is 1.05. The van der Waals surface area contributed by atoms with Gasteiger partial charge in [-0.3, -0.25) is 14.9 Å². The van der Waals surface area contributed by atoms with E-state index in [0.717, 1.165) is 0 Å². The number of carboxylic acid groups (broad SMARTS) is 1. The van der Waals surface area contributed by atoms with Crippen LogP contribution in [-0.4, -0.2) is 16.5 Å². The van der Waals surface area contributed by atoms with Gasteiger partial charge in [0.15, 0.2) is 0 Å². The molecular formula is C7H6INO4. The van der Waals surface area contributed by atoms with Gasteiger partial charge in [-0.15, -0.1) is 0 Å². The summed E-state index contributed by atoms with van der Waals surface area (Å²) in [4.78, 5) is 18.2. The Labute approximate surface area is 87.7 Å². The SMILES string of the molecule is O=CO.O=[N+]([O-])c1ccccc1I. The van der Waals surface area contributed by atoms with Crippen molar-refractivity contribution in [2.75, 3.05) is 0 Å². The second-order valence-corrected chi connectivity index (χ2v) is 2.98. The van der Waals surface area contributed by atoms with Crippen LogP contribution in [0.5, 0.6) is 0 Å². The standard InChI is InChI=1S/C6H4INO2.CH2O2/c7-5-3-1-2-4-6(5)8(9)10;2-1-3/h1-4H;1H,(H,2,3). The Hall–Kier alpha value is -1.18. The van der Waals surface area contributed by atoms with Gasteiger partial charge < -0.3 is 5.11 Å². The summed E-state index contributed by atoms with van der Waals surface area (Å²) >= 11 is 1.93. The number of hydrogen-bond acceptors (Lipinski definition) is 3. The van der Waals surface area contributed by atoms with Crippen molar-refractivity contribution in [1.82, 2.24) is 0 Å². The molecule has 0 aromatic heterocycles. The van der Waals surface area contributed by atoms with Crippen molar-refractivity contribution in [2.45, 2.75) is 0 Å². The molecule has 13 heavy (non-hydrogen) atoms. The summed E-state index contributed by atoms with van der Waals surface area (Å²) in [7, 11) is 0. The van der Waals surface area contributed by atoms with Crippen molar-refractivity contribution in [3.05, 3.63) is 37.9 Å². The van der Waals surface area contributed by atoms with E-state index in [9.17, 15) is 10.1 Å². The van der Waals surface area contributed by atoms with Crippen LogP contribution < -0.4 is 0 Å². The molecule has 0 bridgehead atoms. The highest BCUT2D eigenvalue weighted by atomic mass is 127. The first kappa shape index (κ1) is 11.8. The van der Waals surface area contributed by atoms with Crippen molar-refractivity contribution >= 4 is 34.8 Å². The molecule has 0 saturated carbocycles. The first-order chi connectivity index (χ1) is 6.13. The minimum absolute atomic E-state index is 0.170. The summed E-state index contributed by atoms with van der Waals surface area (Å²) in [6.45, 7) is -0.250. The molecule has 0 fully saturated rings. The molecular weight excluding hydrogens is 289 g/mol. The third kappa shape index (κ3) is 4.41. The Balaban J connectivity index is 0.000000424. The second kappa shape index (κ2) is 6.35. The summed E-state index contributed by atoms with van der Waals surface area (Å²) in [6.07, 6.45) is 0. The molecule has 0 saturated heterocycles. The number of rotatable bonds is 1. The Morgan fingerprint density at radius 2 is 1.92 bits per heavy atom. The number of nitrogens with zero attached hydrogens (tertiary/aromatic N) is 1. The second-order valence-electron chi connectivity index (χ2n) is 1.81. The van der Waals surface area contributed by atoms with E-state index in [2.05, 4.69) is 0 Å². The average molecular weight is 295 g/mol. The minimum Gasteiger partial charge on any atom is -0.483 e. The number of halogens is 1. The van der Waals surface area contributed by atoms with Crippen LogP contribution in [0.25, 0.3) is 0 Å².